The van der Waals surface area contributed by atoms with Gasteiger partial charge in [-0.3, -0.25) is 9.62 Å². The molecule has 2 aliphatic heterocycles. The molecule has 0 radical (unpaired) electrons. The van der Waals surface area contributed by atoms with E-state index >= 15 is 0 Å². The van der Waals surface area contributed by atoms with E-state index in [2.05, 4.69) is 40.7 Å². The van der Waals surface area contributed by atoms with Gasteiger partial charge in [0.15, 0.2) is 11.5 Å². The van der Waals surface area contributed by atoms with Crippen LogP contribution < -0.4 is 24.2 Å². The number of anilines is 1. The van der Waals surface area contributed by atoms with Gasteiger partial charge in [0, 0.05) is 42.8 Å². The summed E-state index contributed by atoms with van der Waals surface area (Å²) < 4.78 is 51.5. The zero-order valence-corrected chi connectivity index (χ0v) is 25.8. The second-order valence-electron chi connectivity index (χ2n) is 11.8. The van der Waals surface area contributed by atoms with Gasteiger partial charge in [0.25, 0.3) is 10.0 Å². The molecule has 3 heterocycles. The number of amides is 1. The molecule has 1 aromatic heterocycles. The van der Waals surface area contributed by atoms with Crippen molar-refractivity contribution < 1.29 is 32.2 Å². The number of benzene rings is 3. The third-order valence-electron chi connectivity index (χ3n) is 7.70. The predicted octanol–water partition coefficient (Wildman–Crippen LogP) is 5.08. The second-order valence-corrected chi connectivity index (χ2v) is 13.5. The van der Waals surface area contributed by atoms with Crippen LogP contribution in [0.15, 0.2) is 65.6 Å². The Morgan fingerprint density at radius 1 is 0.977 bits per heavy atom. The summed E-state index contributed by atoms with van der Waals surface area (Å²) in [5.74, 6) is 1.40. The lowest BCUT2D eigenvalue weighted by molar-refractivity contribution is 0.0385. The van der Waals surface area contributed by atoms with E-state index in [1.165, 1.54) is 0 Å². The van der Waals surface area contributed by atoms with Gasteiger partial charge in [-0.2, -0.15) is 0 Å². The van der Waals surface area contributed by atoms with E-state index in [1.807, 2.05) is 24.3 Å². The van der Waals surface area contributed by atoms with Gasteiger partial charge >= 0.3 is 6.09 Å². The third-order valence-corrected chi connectivity index (χ3v) is 9.10. The lowest BCUT2D eigenvalue weighted by Gasteiger charge is -2.26. The van der Waals surface area contributed by atoms with Crippen LogP contribution in [-0.4, -0.2) is 70.6 Å². The van der Waals surface area contributed by atoms with E-state index < -0.39 is 16.1 Å². The lowest BCUT2D eigenvalue weighted by atomic mass is 9.87. The van der Waals surface area contributed by atoms with Crippen molar-refractivity contribution in [2.45, 2.75) is 31.1 Å². The molecule has 0 saturated carbocycles. The number of morpholine rings is 1. The number of H-pyrrole nitrogens is 1. The summed E-state index contributed by atoms with van der Waals surface area (Å²) in [5, 5.41) is 3.47. The molecule has 0 aliphatic carbocycles. The number of ether oxygens (including phenoxy) is 4. The van der Waals surface area contributed by atoms with Crippen molar-refractivity contribution in [3.05, 3.63) is 66.2 Å². The van der Waals surface area contributed by atoms with Crippen molar-refractivity contribution in [3.63, 3.8) is 0 Å². The van der Waals surface area contributed by atoms with Gasteiger partial charge < -0.3 is 29.2 Å². The normalized spacial score (nSPS) is 15.3. The van der Waals surface area contributed by atoms with Gasteiger partial charge in [-0.25, -0.2) is 13.2 Å². The monoisotopic (exact) mass is 620 g/mol. The van der Waals surface area contributed by atoms with E-state index in [4.69, 9.17) is 18.9 Å². The fourth-order valence-electron chi connectivity index (χ4n) is 5.26. The van der Waals surface area contributed by atoms with Crippen LogP contribution in [0.5, 0.6) is 17.4 Å². The molecular weight excluding hydrogens is 584 g/mol. The smallest absolute Gasteiger partial charge is 0.413 e. The summed E-state index contributed by atoms with van der Waals surface area (Å²) in [4.78, 5) is 18.4. The fourth-order valence-corrected chi connectivity index (χ4v) is 6.31. The number of hydrogen-bond donors (Lipinski definition) is 3. The van der Waals surface area contributed by atoms with E-state index in [0.29, 0.717) is 65.5 Å². The number of sulfonamides is 1. The number of aromatic amines is 1. The van der Waals surface area contributed by atoms with E-state index in [0.717, 1.165) is 18.7 Å². The fraction of sp³-hybridized carbons (Fsp3) is 0.344. The summed E-state index contributed by atoms with van der Waals surface area (Å²) in [5.41, 5.74) is 3.24. The first-order valence-electron chi connectivity index (χ1n) is 14.5. The summed E-state index contributed by atoms with van der Waals surface area (Å²) in [7, 11) is -3.87. The van der Waals surface area contributed by atoms with Gasteiger partial charge in [0.2, 0.25) is 12.7 Å². The Hall–Kier alpha value is -4.26. The van der Waals surface area contributed by atoms with Gasteiger partial charge in [0.1, 0.15) is 0 Å². The highest BCUT2D eigenvalue weighted by Gasteiger charge is 2.23. The highest BCUT2D eigenvalue weighted by Crippen LogP contribution is 2.43. The van der Waals surface area contributed by atoms with Crippen molar-refractivity contribution >= 4 is 32.7 Å². The quantitative estimate of drug-likeness (QED) is 0.249. The maximum Gasteiger partial charge on any atom is 0.413 e. The molecule has 2 aliphatic rings. The van der Waals surface area contributed by atoms with Gasteiger partial charge in [-0.05, 0) is 59.0 Å². The van der Waals surface area contributed by atoms with Gasteiger partial charge in [-0.15, -0.1) is 0 Å². The topological polar surface area (TPSA) is 131 Å². The number of rotatable bonds is 8. The average Bonchev–Trinajstić information content (AvgIpc) is 3.60. The van der Waals surface area contributed by atoms with Crippen LogP contribution in [0.3, 0.4) is 0 Å². The van der Waals surface area contributed by atoms with Crippen molar-refractivity contribution in [2.24, 2.45) is 0 Å². The van der Waals surface area contributed by atoms with Crippen molar-refractivity contribution in [2.75, 3.05) is 50.9 Å². The molecule has 0 unspecified atom stereocenters. The highest BCUT2D eigenvalue weighted by molar-refractivity contribution is 7.92. The zero-order valence-electron chi connectivity index (χ0n) is 24.9. The molecule has 1 fully saturated rings. The number of carbonyl (C=O) groups excluding carboxylic acids is 1. The Morgan fingerprint density at radius 3 is 2.48 bits per heavy atom. The first-order chi connectivity index (χ1) is 21.1. The van der Waals surface area contributed by atoms with Crippen molar-refractivity contribution in [1.82, 2.24) is 15.2 Å². The summed E-state index contributed by atoms with van der Waals surface area (Å²) in [6, 6.07) is 17.4. The first-order valence-corrected chi connectivity index (χ1v) is 16.0. The average molecular weight is 621 g/mol. The largest absolute Gasteiger partial charge is 0.454 e. The summed E-state index contributed by atoms with van der Waals surface area (Å²) >= 11 is 0. The Kier molecular flexibility index (Phi) is 8.14. The van der Waals surface area contributed by atoms with Crippen LogP contribution in [0.4, 0.5) is 10.5 Å². The van der Waals surface area contributed by atoms with Crippen molar-refractivity contribution in [3.8, 4) is 28.5 Å². The molecule has 12 heteroatoms. The van der Waals surface area contributed by atoms with Crippen LogP contribution >= 0.6 is 0 Å². The van der Waals surface area contributed by atoms with Crippen LogP contribution in [0.1, 0.15) is 26.3 Å². The maximum atomic E-state index is 13.3. The van der Waals surface area contributed by atoms with E-state index in [1.54, 1.807) is 36.4 Å². The Labute approximate surface area is 256 Å². The first kappa shape index (κ1) is 29.8. The summed E-state index contributed by atoms with van der Waals surface area (Å²) in [6.07, 6.45) is -0.605. The molecule has 3 aromatic carbocycles. The second kappa shape index (κ2) is 12.0. The van der Waals surface area contributed by atoms with Gasteiger partial charge in [-0.1, -0.05) is 39.0 Å². The predicted molar refractivity (Wildman–Crippen MR) is 167 cm³/mol. The molecular formula is C32H36N4O7S. The third kappa shape index (κ3) is 6.47. The zero-order chi connectivity index (χ0) is 30.9. The molecule has 0 spiro atoms. The minimum absolute atomic E-state index is 0.0976. The SMILES string of the molecule is CC(C)(C)c1ccc(S(=O)(=O)Nc2ccc3[nH]c(OC(=O)NCCN4CCOCC4)c(-c4ccc5c(c4)OCO5)c3c2)cc1. The molecule has 6 rings (SSSR count). The number of nitrogens with zero attached hydrogens (tertiary/aromatic N) is 1. The standard InChI is InChI=1S/C32H36N4O7S/c1-32(2,3)22-5-8-24(9-6-22)44(38,39)35-23-7-10-26-25(19-23)29(21-4-11-27-28(18-21)42-20-41-27)30(34-26)43-31(37)33-12-13-36-14-16-40-17-15-36/h4-11,18-19,34-35H,12-17,20H2,1-3H3,(H,33,37). The number of nitrogens with one attached hydrogen (secondary N) is 3. The number of hydrogen-bond acceptors (Lipinski definition) is 8. The molecule has 11 nitrogen and oxygen atoms in total. The van der Waals surface area contributed by atoms with Gasteiger partial charge in [0.05, 0.1) is 23.7 Å². The molecule has 0 atom stereocenters. The molecule has 0 bridgehead atoms. The molecule has 1 amide bonds. The minimum Gasteiger partial charge on any atom is -0.454 e. The van der Waals surface area contributed by atoms with Crippen LogP contribution in [0.25, 0.3) is 22.0 Å². The van der Waals surface area contributed by atoms with E-state index in [9.17, 15) is 13.2 Å². The number of carbonyl (C=O) groups is 1. The maximum absolute atomic E-state index is 13.3. The Balaban J connectivity index is 1.28. The van der Waals surface area contributed by atoms with Crippen LogP contribution in [0, 0.1) is 0 Å². The molecule has 44 heavy (non-hydrogen) atoms. The molecule has 3 N–H and O–H groups in total. The Morgan fingerprint density at radius 2 is 1.73 bits per heavy atom. The lowest BCUT2D eigenvalue weighted by Crippen LogP contribution is -2.41. The summed E-state index contributed by atoms with van der Waals surface area (Å²) in [6.45, 7) is 10.4. The highest BCUT2D eigenvalue weighted by atomic mass is 32.2. The molecule has 4 aromatic rings. The van der Waals surface area contributed by atoms with Crippen LogP contribution in [-0.2, 0) is 20.2 Å². The van der Waals surface area contributed by atoms with E-state index in [-0.39, 0.29) is 23.0 Å². The molecule has 232 valence electrons. The molecule has 1 saturated heterocycles. The van der Waals surface area contributed by atoms with Crippen molar-refractivity contribution in [1.29, 1.82) is 0 Å². The number of fused-ring (bicyclic) bond motifs is 2. The Bertz CT molecular complexity index is 1770. The minimum atomic E-state index is -3.87. The van der Waals surface area contributed by atoms with Crippen LogP contribution in [0.2, 0.25) is 0 Å². The number of aromatic nitrogens is 1.